The molecule has 3 N–H and O–H groups in total. The topological polar surface area (TPSA) is 87.3 Å². The Kier molecular flexibility index (Phi) is 10.2. The lowest BCUT2D eigenvalue weighted by molar-refractivity contribution is -0.128. The summed E-state index contributed by atoms with van der Waals surface area (Å²) in [5.74, 6) is -0.00835. The molecule has 25 heavy (non-hydrogen) atoms. The van der Waals surface area contributed by atoms with Gasteiger partial charge in [-0.3, -0.25) is 4.79 Å². The van der Waals surface area contributed by atoms with Crippen LogP contribution in [0.25, 0.3) is 0 Å². The van der Waals surface area contributed by atoms with E-state index in [4.69, 9.17) is 0 Å². The summed E-state index contributed by atoms with van der Waals surface area (Å²) in [6.07, 6.45) is 0.621. The second kappa shape index (κ2) is 10.5. The molecule has 146 valence electrons. The number of carbonyl (C=O) groups is 1. The zero-order valence-electron chi connectivity index (χ0n) is 15.5. The van der Waals surface area contributed by atoms with Crippen LogP contribution in [0.5, 0.6) is 0 Å². The van der Waals surface area contributed by atoms with Gasteiger partial charge in [-0.2, -0.15) is 0 Å². The molecular formula is C16H30ClN3O3S2. The molecule has 1 rings (SSSR count). The first-order valence-corrected chi connectivity index (χ1v) is 10.5. The fraction of sp³-hybridized carbons (Fsp3) is 0.688. The van der Waals surface area contributed by atoms with E-state index in [-0.39, 0.29) is 24.4 Å². The molecule has 1 heterocycles. The van der Waals surface area contributed by atoms with E-state index < -0.39 is 15.4 Å². The molecule has 0 bridgehead atoms. The summed E-state index contributed by atoms with van der Waals surface area (Å²) in [5, 5.41) is 6.03. The van der Waals surface area contributed by atoms with Crippen molar-refractivity contribution in [1.29, 1.82) is 0 Å². The molecule has 0 aromatic carbocycles. The predicted octanol–water partition coefficient (Wildman–Crippen LogP) is 2.15. The molecule has 1 amide bonds. The largest absolute Gasteiger partial charge is 0.355 e. The van der Waals surface area contributed by atoms with Gasteiger partial charge in [0.05, 0.1) is 0 Å². The van der Waals surface area contributed by atoms with Gasteiger partial charge in [-0.25, -0.2) is 13.1 Å². The summed E-state index contributed by atoms with van der Waals surface area (Å²) < 4.78 is 27.5. The van der Waals surface area contributed by atoms with Crippen molar-refractivity contribution < 1.29 is 13.2 Å². The minimum atomic E-state index is -3.48. The summed E-state index contributed by atoms with van der Waals surface area (Å²) in [7, 11) is -3.48. The van der Waals surface area contributed by atoms with E-state index in [0.29, 0.717) is 23.7 Å². The van der Waals surface area contributed by atoms with Crippen LogP contribution in [-0.2, 0) is 21.2 Å². The first-order valence-electron chi connectivity index (χ1n) is 8.16. The number of hydrogen-bond acceptors (Lipinski definition) is 5. The second-order valence-electron chi connectivity index (χ2n) is 6.79. The van der Waals surface area contributed by atoms with E-state index in [1.807, 2.05) is 34.6 Å². The Morgan fingerprint density at radius 3 is 2.48 bits per heavy atom. The van der Waals surface area contributed by atoms with Crippen molar-refractivity contribution in [1.82, 2.24) is 15.4 Å². The third-order valence-corrected chi connectivity index (χ3v) is 6.43. The van der Waals surface area contributed by atoms with Crippen LogP contribution >= 0.6 is 23.7 Å². The highest BCUT2D eigenvalue weighted by Crippen LogP contribution is 2.22. The molecule has 0 saturated carbocycles. The van der Waals surface area contributed by atoms with Crippen LogP contribution in [0.3, 0.4) is 0 Å². The normalized spacial score (nSPS) is 13.2. The smallest absolute Gasteiger partial charge is 0.250 e. The average molecular weight is 412 g/mol. The Balaban J connectivity index is 0.00000576. The van der Waals surface area contributed by atoms with Crippen LogP contribution in [0.15, 0.2) is 16.3 Å². The first-order chi connectivity index (χ1) is 11.1. The molecular weight excluding hydrogens is 382 g/mol. The van der Waals surface area contributed by atoms with Gasteiger partial charge < -0.3 is 10.6 Å². The van der Waals surface area contributed by atoms with Gasteiger partial charge in [-0.05, 0) is 32.0 Å². The van der Waals surface area contributed by atoms with Crippen LogP contribution < -0.4 is 15.4 Å². The Morgan fingerprint density at radius 2 is 1.92 bits per heavy atom. The van der Waals surface area contributed by atoms with Crippen LogP contribution in [-0.4, -0.2) is 40.0 Å². The molecule has 0 aliphatic carbocycles. The number of nitrogens with one attached hydrogen (secondary N) is 3. The molecule has 0 spiro atoms. The fourth-order valence-electron chi connectivity index (χ4n) is 1.93. The minimum absolute atomic E-state index is 0. The van der Waals surface area contributed by atoms with E-state index in [1.54, 1.807) is 12.1 Å². The second-order valence-corrected chi connectivity index (χ2v) is 9.95. The zero-order valence-corrected chi connectivity index (χ0v) is 18.0. The van der Waals surface area contributed by atoms with E-state index in [9.17, 15) is 13.2 Å². The highest BCUT2D eigenvalue weighted by molar-refractivity contribution is 7.91. The van der Waals surface area contributed by atoms with Crippen molar-refractivity contribution in [3.05, 3.63) is 17.0 Å². The van der Waals surface area contributed by atoms with Crippen LogP contribution in [0.1, 0.15) is 39.5 Å². The Morgan fingerprint density at radius 1 is 1.28 bits per heavy atom. The van der Waals surface area contributed by atoms with E-state index >= 15 is 0 Å². The highest BCUT2D eigenvalue weighted by atomic mass is 35.5. The summed E-state index contributed by atoms with van der Waals surface area (Å²) in [6.45, 7) is 11.1. The Bertz CT molecular complexity index is 639. The Labute approximate surface area is 161 Å². The number of thiophene rings is 1. The van der Waals surface area contributed by atoms with Gasteiger partial charge in [0.25, 0.3) is 0 Å². The SMILES string of the molecule is CCN[C@H](C)CNS(=O)(=O)c1ccc(CCNC(=O)C(C)(C)C)s1.Cl. The molecule has 6 nitrogen and oxygen atoms in total. The van der Waals surface area contributed by atoms with Crippen molar-refractivity contribution in [2.45, 2.75) is 51.3 Å². The van der Waals surface area contributed by atoms with Crippen molar-refractivity contribution in [3.63, 3.8) is 0 Å². The molecule has 0 aliphatic rings. The van der Waals surface area contributed by atoms with Gasteiger partial charge in [0.2, 0.25) is 15.9 Å². The lowest BCUT2D eigenvalue weighted by Gasteiger charge is -2.17. The van der Waals surface area contributed by atoms with Gasteiger partial charge >= 0.3 is 0 Å². The quantitative estimate of drug-likeness (QED) is 0.581. The van der Waals surface area contributed by atoms with Crippen molar-refractivity contribution in [3.8, 4) is 0 Å². The molecule has 0 aliphatic heterocycles. The standard InChI is InChI=1S/C16H29N3O3S2.ClH/c1-6-17-12(2)11-19-24(21,22)14-8-7-13(23-14)9-10-18-15(20)16(3,4)5;/h7-8,12,17,19H,6,9-11H2,1-5H3,(H,18,20);1H/t12-;/m1./s1. The lowest BCUT2D eigenvalue weighted by atomic mass is 9.96. The van der Waals surface area contributed by atoms with Crippen molar-refractivity contribution in [2.75, 3.05) is 19.6 Å². The number of amides is 1. The minimum Gasteiger partial charge on any atom is -0.355 e. The van der Waals surface area contributed by atoms with Gasteiger partial charge in [0.1, 0.15) is 4.21 Å². The predicted molar refractivity (Wildman–Crippen MR) is 106 cm³/mol. The van der Waals surface area contributed by atoms with Gasteiger partial charge in [0.15, 0.2) is 0 Å². The summed E-state index contributed by atoms with van der Waals surface area (Å²) in [6, 6.07) is 3.50. The number of hydrogen-bond donors (Lipinski definition) is 3. The maximum atomic E-state index is 12.3. The molecule has 0 unspecified atom stereocenters. The number of carbonyl (C=O) groups excluding carboxylic acids is 1. The fourth-order valence-corrected chi connectivity index (χ4v) is 4.46. The average Bonchev–Trinajstić information content (AvgIpc) is 2.94. The molecule has 1 aromatic heterocycles. The summed E-state index contributed by atoms with van der Waals surface area (Å²) in [4.78, 5) is 12.7. The van der Waals surface area contributed by atoms with Gasteiger partial charge in [-0.1, -0.05) is 27.7 Å². The third kappa shape index (κ3) is 8.50. The number of sulfonamides is 1. The third-order valence-electron chi connectivity index (χ3n) is 3.37. The monoisotopic (exact) mass is 411 g/mol. The van der Waals surface area contributed by atoms with Crippen LogP contribution in [0, 0.1) is 5.41 Å². The van der Waals surface area contributed by atoms with E-state index in [2.05, 4.69) is 15.4 Å². The van der Waals surface area contributed by atoms with Crippen molar-refractivity contribution >= 4 is 39.7 Å². The van der Waals surface area contributed by atoms with Crippen LogP contribution in [0.4, 0.5) is 0 Å². The van der Waals surface area contributed by atoms with Gasteiger partial charge in [-0.15, -0.1) is 23.7 Å². The van der Waals surface area contributed by atoms with E-state index in [0.717, 1.165) is 11.4 Å². The van der Waals surface area contributed by atoms with Crippen molar-refractivity contribution in [2.24, 2.45) is 5.41 Å². The maximum Gasteiger partial charge on any atom is 0.250 e. The number of rotatable bonds is 9. The molecule has 0 fully saturated rings. The van der Waals surface area contributed by atoms with Crippen LogP contribution in [0.2, 0.25) is 0 Å². The summed E-state index contributed by atoms with van der Waals surface area (Å²) >= 11 is 1.24. The lowest BCUT2D eigenvalue weighted by Crippen LogP contribution is -2.38. The van der Waals surface area contributed by atoms with E-state index in [1.165, 1.54) is 11.3 Å². The zero-order chi connectivity index (χ0) is 18.4. The molecule has 0 saturated heterocycles. The van der Waals surface area contributed by atoms with Gasteiger partial charge in [0, 0.05) is 29.4 Å². The molecule has 1 atom stereocenters. The Hall–Kier alpha value is -0.670. The molecule has 0 radical (unpaired) electrons. The molecule has 9 heteroatoms. The molecule has 1 aromatic rings. The maximum absolute atomic E-state index is 12.3. The summed E-state index contributed by atoms with van der Waals surface area (Å²) in [5.41, 5.74) is -0.420. The first kappa shape index (κ1) is 24.3. The number of likely N-dealkylation sites (N-methyl/N-ethyl adjacent to an activating group) is 1. The highest BCUT2D eigenvalue weighted by Gasteiger charge is 2.21. The number of halogens is 1.